The van der Waals surface area contributed by atoms with Crippen LogP contribution in [0.1, 0.15) is 54.5 Å². The third-order valence-electron chi connectivity index (χ3n) is 9.15. The highest BCUT2D eigenvalue weighted by molar-refractivity contribution is 5.87. The molecule has 218 valence electrons. The van der Waals surface area contributed by atoms with Crippen LogP contribution < -0.4 is 9.64 Å². The second kappa shape index (κ2) is 13.0. The zero-order valence-corrected chi connectivity index (χ0v) is 24.3. The van der Waals surface area contributed by atoms with Gasteiger partial charge in [0.05, 0.1) is 18.5 Å². The Morgan fingerprint density at radius 2 is 2.10 bits per heavy atom. The number of nitrogens with zero attached hydrogens (tertiary/aromatic N) is 6. The summed E-state index contributed by atoms with van der Waals surface area (Å²) in [4.78, 5) is 28.5. The first kappa shape index (κ1) is 29.0. The Labute approximate surface area is 242 Å². The Hall–Kier alpha value is -3.51. The van der Waals surface area contributed by atoms with Gasteiger partial charge in [0.2, 0.25) is 5.91 Å². The monoisotopic (exact) mass is 560 g/mol. The Kier molecular flexibility index (Phi) is 9.19. The lowest BCUT2D eigenvalue weighted by Crippen LogP contribution is -2.55. The van der Waals surface area contributed by atoms with Crippen LogP contribution in [-0.4, -0.2) is 77.6 Å². The van der Waals surface area contributed by atoms with Crippen LogP contribution >= 0.6 is 0 Å². The highest BCUT2D eigenvalue weighted by Crippen LogP contribution is 2.33. The minimum absolute atomic E-state index is 0.0997. The van der Waals surface area contributed by atoms with Crippen LogP contribution in [0.25, 0.3) is 0 Å². The summed E-state index contributed by atoms with van der Waals surface area (Å²) in [5.74, 6) is 0.952. The predicted molar refractivity (Wildman–Crippen MR) is 156 cm³/mol. The molecule has 2 aromatic rings. The highest BCUT2D eigenvalue weighted by atomic mass is 19.1. The molecular formula is C32H41FN6O2. The van der Waals surface area contributed by atoms with Crippen molar-refractivity contribution in [2.45, 2.75) is 70.4 Å². The number of hydrogen-bond acceptors (Lipinski definition) is 7. The first-order chi connectivity index (χ1) is 19.9. The summed E-state index contributed by atoms with van der Waals surface area (Å²) in [5, 5.41) is 9.49. The van der Waals surface area contributed by atoms with Crippen molar-refractivity contribution >= 4 is 11.7 Å². The number of hydrogen-bond donors (Lipinski definition) is 0. The number of fused-ring (bicyclic) bond motifs is 1. The lowest BCUT2D eigenvalue weighted by atomic mass is 9.81. The molecule has 1 aliphatic carbocycles. The van der Waals surface area contributed by atoms with Gasteiger partial charge in [0.1, 0.15) is 18.2 Å². The number of anilines is 1. The second-order valence-corrected chi connectivity index (χ2v) is 11.7. The standard InChI is InChI=1S/C32H41FN6O2/c1-4-30(40)39-18-17-38(20-25(39)14-15-34)31-27(13-11-23-10-12-24-7-5-9-29(33)28(24)19-23)22(2)35-32(36-31)41-21-26-8-6-16-37(26)3/h4-5,7,9,23,25-26H,1,6,8,10-14,16-21H2,2-3H3/t23-,25?,26?/m1/s1. The minimum atomic E-state index is -0.253. The average Bonchev–Trinajstić information content (AvgIpc) is 3.39. The Bertz CT molecular complexity index is 1310. The fourth-order valence-electron chi connectivity index (χ4n) is 6.68. The smallest absolute Gasteiger partial charge is 0.318 e. The molecule has 0 N–H and O–H groups in total. The van der Waals surface area contributed by atoms with Gasteiger partial charge in [-0.3, -0.25) is 4.79 Å². The van der Waals surface area contributed by atoms with Gasteiger partial charge in [0.25, 0.3) is 0 Å². The van der Waals surface area contributed by atoms with Crippen molar-refractivity contribution in [1.82, 2.24) is 19.8 Å². The summed E-state index contributed by atoms with van der Waals surface area (Å²) in [6.45, 7) is 8.85. The number of nitriles is 1. The quantitative estimate of drug-likeness (QED) is 0.424. The molecule has 2 aliphatic heterocycles. The summed E-state index contributed by atoms with van der Waals surface area (Å²) >= 11 is 0. The molecule has 8 nitrogen and oxygen atoms in total. The van der Waals surface area contributed by atoms with E-state index in [1.807, 2.05) is 13.0 Å². The number of likely N-dealkylation sites (tertiary alicyclic amines) is 1. The Morgan fingerprint density at radius 1 is 1.24 bits per heavy atom. The molecule has 1 amide bonds. The lowest BCUT2D eigenvalue weighted by molar-refractivity contribution is -0.128. The van der Waals surface area contributed by atoms with E-state index in [0.717, 1.165) is 79.7 Å². The van der Waals surface area contributed by atoms with Crippen LogP contribution in [-0.2, 0) is 24.1 Å². The fourth-order valence-corrected chi connectivity index (χ4v) is 6.68. The first-order valence-corrected chi connectivity index (χ1v) is 14.9. The average molecular weight is 561 g/mol. The SMILES string of the molecule is C=CC(=O)N1CCN(c2nc(OCC3CCCN3C)nc(C)c2CC[C@H]2CCc3cccc(F)c3C2)CC1CC#N. The molecule has 41 heavy (non-hydrogen) atoms. The van der Waals surface area contributed by atoms with E-state index in [9.17, 15) is 14.4 Å². The number of likely N-dealkylation sites (N-methyl/N-ethyl adjacent to an activating group) is 1. The van der Waals surface area contributed by atoms with Crippen molar-refractivity contribution in [2.24, 2.45) is 5.92 Å². The maximum atomic E-state index is 14.5. The normalized spacial score (nSPS) is 22.7. The predicted octanol–water partition coefficient (Wildman–Crippen LogP) is 4.25. The maximum absolute atomic E-state index is 14.5. The van der Waals surface area contributed by atoms with E-state index in [0.29, 0.717) is 44.2 Å². The van der Waals surface area contributed by atoms with Crippen molar-refractivity contribution in [1.29, 1.82) is 5.26 Å². The first-order valence-electron chi connectivity index (χ1n) is 14.9. The van der Waals surface area contributed by atoms with Gasteiger partial charge in [-0.25, -0.2) is 9.37 Å². The number of carbonyl (C=O) groups is 1. The van der Waals surface area contributed by atoms with Crippen LogP contribution in [0.5, 0.6) is 6.01 Å². The molecule has 3 atom stereocenters. The maximum Gasteiger partial charge on any atom is 0.318 e. The number of aryl methyl sites for hydroxylation is 2. The zero-order valence-electron chi connectivity index (χ0n) is 24.3. The molecule has 2 saturated heterocycles. The van der Waals surface area contributed by atoms with Crippen LogP contribution in [0, 0.1) is 30.0 Å². The number of aromatic nitrogens is 2. The summed E-state index contributed by atoms with van der Waals surface area (Å²) < 4.78 is 20.7. The minimum Gasteiger partial charge on any atom is -0.462 e. The van der Waals surface area contributed by atoms with E-state index in [1.54, 1.807) is 17.0 Å². The molecule has 0 spiro atoms. The molecule has 2 unspecified atom stereocenters. The summed E-state index contributed by atoms with van der Waals surface area (Å²) in [5.41, 5.74) is 3.94. The third-order valence-corrected chi connectivity index (χ3v) is 9.15. The topological polar surface area (TPSA) is 85.6 Å². The van der Waals surface area contributed by atoms with Gasteiger partial charge in [-0.2, -0.15) is 10.2 Å². The fraction of sp³-hybridized carbons (Fsp3) is 0.562. The molecule has 5 rings (SSSR count). The molecular weight excluding hydrogens is 519 g/mol. The number of rotatable bonds is 9. The largest absolute Gasteiger partial charge is 0.462 e. The van der Waals surface area contributed by atoms with Gasteiger partial charge in [-0.1, -0.05) is 18.7 Å². The lowest BCUT2D eigenvalue weighted by Gasteiger charge is -2.41. The van der Waals surface area contributed by atoms with Gasteiger partial charge in [0, 0.05) is 36.9 Å². The molecule has 1 aromatic carbocycles. The van der Waals surface area contributed by atoms with Crippen molar-refractivity contribution in [3.05, 3.63) is 59.1 Å². The molecule has 0 bridgehead atoms. The van der Waals surface area contributed by atoms with Crippen molar-refractivity contribution in [3.8, 4) is 12.1 Å². The van der Waals surface area contributed by atoms with E-state index >= 15 is 0 Å². The molecule has 3 heterocycles. The number of piperazine rings is 1. The summed E-state index contributed by atoms with van der Waals surface area (Å²) in [6, 6.07) is 8.12. The molecule has 0 saturated carbocycles. The van der Waals surface area contributed by atoms with E-state index in [2.05, 4.69) is 29.5 Å². The molecule has 0 radical (unpaired) electrons. The van der Waals surface area contributed by atoms with Gasteiger partial charge >= 0.3 is 6.01 Å². The van der Waals surface area contributed by atoms with Crippen LogP contribution in [0.4, 0.5) is 10.2 Å². The third kappa shape index (κ3) is 6.54. The van der Waals surface area contributed by atoms with Crippen LogP contribution in [0.15, 0.2) is 30.9 Å². The van der Waals surface area contributed by atoms with Crippen molar-refractivity contribution < 1.29 is 13.9 Å². The zero-order chi connectivity index (χ0) is 28.9. The number of carbonyl (C=O) groups excluding carboxylic acids is 1. The van der Waals surface area contributed by atoms with Gasteiger partial charge in [-0.05, 0) is 94.6 Å². The van der Waals surface area contributed by atoms with Gasteiger partial charge in [0.15, 0.2) is 0 Å². The van der Waals surface area contributed by atoms with E-state index in [4.69, 9.17) is 14.7 Å². The summed E-state index contributed by atoms with van der Waals surface area (Å²) in [7, 11) is 2.12. The Balaban J connectivity index is 1.38. The van der Waals surface area contributed by atoms with Gasteiger partial charge in [-0.15, -0.1) is 0 Å². The molecule has 3 aliphatic rings. The van der Waals surface area contributed by atoms with E-state index in [1.165, 1.54) is 6.08 Å². The highest BCUT2D eigenvalue weighted by Gasteiger charge is 2.32. The van der Waals surface area contributed by atoms with Crippen molar-refractivity contribution in [3.63, 3.8) is 0 Å². The van der Waals surface area contributed by atoms with Gasteiger partial charge < -0.3 is 19.4 Å². The number of amides is 1. The molecule has 1 aromatic heterocycles. The number of benzene rings is 1. The van der Waals surface area contributed by atoms with E-state index < -0.39 is 0 Å². The second-order valence-electron chi connectivity index (χ2n) is 11.7. The Morgan fingerprint density at radius 3 is 2.85 bits per heavy atom. The van der Waals surface area contributed by atoms with Crippen LogP contribution in [0.3, 0.4) is 0 Å². The molecule has 9 heteroatoms. The van der Waals surface area contributed by atoms with Crippen LogP contribution in [0.2, 0.25) is 0 Å². The number of ether oxygens (including phenoxy) is 1. The summed E-state index contributed by atoms with van der Waals surface area (Å²) in [6.07, 6.45) is 8.19. The van der Waals surface area contributed by atoms with E-state index in [-0.39, 0.29) is 24.2 Å². The van der Waals surface area contributed by atoms with Crippen molar-refractivity contribution in [2.75, 3.05) is 44.7 Å². The molecule has 2 fully saturated rings. The number of halogens is 1.